The maximum Gasteiger partial charge on any atom is 0.411 e. The van der Waals surface area contributed by atoms with Gasteiger partial charge in [-0.3, -0.25) is 10.2 Å². The summed E-state index contributed by atoms with van der Waals surface area (Å²) in [4.78, 5) is 14.1. The number of aliphatic hydroxyl groups is 1. The number of aliphatic hydroxyl groups excluding tert-OH is 1. The first-order chi connectivity index (χ1) is 12.2. The van der Waals surface area contributed by atoms with Gasteiger partial charge in [-0.2, -0.15) is 0 Å². The molecular formula is C20H26N2O3. The highest BCUT2D eigenvalue weighted by molar-refractivity contribution is 5.84. The summed E-state index contributed by atoms with van der Waals surface area (Å²) >= 11 is 0. The Kier molecular flexibility index (Phi) is 7.44. The molecule has 5 nitrogen and oxygen atoms in total. The first-order valence-electron chi connectivity index (χ1n) is 8.61. The number of rotatable bonds is 8. The third kappa shape index (κ3) is 5.59. The van der Waals surface area contributed by atoms with Crippen LogP contribution in [0.5, 0.6) is 0 Å². The summed E-state index contributed by atoms with van der Waals surface area (Å²) in [5.74, 6) is 0. The average molecular weight is 342 g/mol. The van der Waals surface area contributed by atoms with Crippen molar-refractivity contribution in [3.8, 4) is 0 Å². The van der Waals surface area contributed by atoms with Gasteiger partial charge in [-0.1, -0.05) is 62.4 Å². The standard InChI is InChI=1S/C20H26N2O3/c1-3-22(4-2)18(19(23)16-11-7-5-8-12-16)15-25-20(24)21-17-13-9-6-10-14-17/h5-14,18-19,23H,3-4,15H2,1-2H3,(H,21,24). The van der Waals surface area contributed by atoms with Crippen molar-refractivity contribution in [2.24, 2.45) is 0 Å². The minimum Gasteiger partial charge on any atom is -0.448 e. The highest BCUT2D eigenvalue weighted by Gasteiger charge is 2.27. The lowest BCUT2D eigenvalue weighted by Gasteiger charge is -2.33. The Balaban J connectivity index is 2.02. The van der Waals surface area contributed by atoms with E-state index in [2.05, 4.69) is 10.2 Å². The number of ether oxygens (including phenoxy) is 1. The van der Waals surface area contributed by atoms with Gasteiger partial charge in [0, 0.05) is 5.69 Å². The van der Waals surface area contributed by atoms with Crippen molar-refractivity contribution < 1.29 is 14.6 Å². The molecule has 0 spiro atoms. The Morgan fingerprint density at radius 3 is 2.16 bits per heavy atom. The largest absolute Gasteiger partial charge is 0.448 e. The van der Waals surface area contributed by atoms with Crippen LogP contribution < -0.4 is 5.32 Å². The number of benzene rings is 2. The number of anilines is 1. The van der Waals surface area contributed by atoms with E-state index in [1.807, 2.05) is 62.4 Å². The molecule has 0 saturated carbocycles. The summed E-state index contributed by atoms with van der Waals surface area (Å²) in [6, 6.07) is 18.3. The van der Waals surface area contributed by atoms with Crippen molar-refractivity contribution in [1.29, 1.82) is 0 Å². The number of nitrogens with zero attached hydrogens (tertiary/aromatic N) is 1. The predicted molar refractivity (Wildman–Crippen MR) is 99.5 cm³/mol. The van der Waals surface area contributed by atoms with Gasteiger partial charge in [-0.15, -0.1) is 0 Å². The minimum absolute atomic E-state index is 0.108. The van der Waals surface area contributed by atoms with Crippen molar-refractivity contribution in [3.05, 3.63) is 66.2 Å². The molecule has 2 atom stereocenters. The molecular weight excluding hydrogens is 316 g/mol. The van der Waals surface area contributed by atoms with Gasteiger partial charge in [0.1, 0.15) is 6.61 Å². The fraction of sp³-hybridized carbons (Fsp3) is 0.350. The number of likely N-dealkylation sites (N-methyl/N-ethyl adjacent to an activating group) is 1. The van der Waals surface area contributed by atoms with Crippen LogP contribution in [0.2, 0.25) is 0 Å². The number of carbonyl (C=O) groups excluding carboxylic acids is 1. The van der Waals surface area contributed by atoms with Gasteiger partial charge in [0.15, 0.2) is 0 Å². The molecule has 0 saturated heterocycles. The average Bonchev–Trinajstić information content (AvgIpc) is 2.66. The van der Waals surface area contributed by atoms with Crippen molar-refractivity contribution in [2.75, 3.05) is 25.0 Å². The molecule has 2 unspecified atom stereocenters. The fourth-order valence-electron chi connectivity index (χ4n) is 2.80. The molecule has 0 bridgehead atoms. The highest BCUT2D eigenvalue weighted by atomic mass is 16.5. The zero-order chi connectivity index (χ0) is 18.1. The molecule has 0 heterocycles. The maximum atomic E-state index is 12.0. The second-order valence-electron chi connectivity index (χ2n) is 5.73. The van der Waals surface area contributed by atoms with Crippen molar-refractivity contribution in [1.82, 2.24) is 4.90 Å². The second kappa shape index (κ2) is 9.81. The van der Waals surface area contributed by atoms with Gasteiger partial charge < -0.3 is 9.84 Å². The van der Waals surface area contributed by atoms with E-state index in [0.29, 0.717) is 5.69 Å². The molecule has 0 aromatic heterocycles. The summed E-state index contributed by atoms with van der Waals surface area (Å²) in [5.41, 5.74) is 1.49. The Bertz CT molecular complexity index is 630. The molecule has 0 aliphatic carbocycles. The molecule has 25 heavy (non-hydrogen) atoms. The number of hydrogen-bond donors (Lipinski definition) is 2. The molecule has 5 heteroatoms. The van der Waals surface area contributed by atoms with Gasteiger partial charge >= 0.3 is 6.09 Å². The monoisotopic (exact) mass is 342 g/mol. The van der Waals surface area contributed by atoms with Crippen LogP contribution in [0.3, 0.4) is 0 Å². The van der Waals surface area contributed by atoms with Gasteiger partial charge in [0.2, 0.25) is 0 Å². The lowest BCUT2D eigenvalue weighted by Crippen LogP contribution is -2.43. The molecule has 0 aliphatic rings. The number of nitrogens with one attached hydrogen (secondary N) is 1. The third-order valence-corrected chi connectivity index (χ3v) is 4.19. The van der Waals surface area contributed by atoms with Crippen LogP contribution in [0.25, 0.3) is 0 Å². The summed E-state index contributed by atoms with van der Waals surface area (Å²) < 4.78 is 5.38. The van der Waals surface area contributed by atoms with E-state index in [0.717, 1.165) is 18.7 Å². The number of amides is 1. The van der Waals surface area contributed by atoms with Crippen LogP contribution in [0.15, 0.2) is 60.7 Å². The first-order valence-corrected chi connectivity index (χ1v) is 8.61. The van der Waals surface area contributed by atoms with E-state index >= 15 is 0 Å². The second-order valence-corrected chi connectivity index (χ2v) is 5.73. The number of para-hydroxylation sites is 1. The van der Waals surface area contributed by atoms with Crippen molar-refractivity contribution in [2.45, 2.75) is 26.0 Å². The highest BCUT2D eigenvalue weighted by Crippen LogP contribution is 2.21. The van der Waals surface area contributed by atoms with Crippen LogP contribution >= 0.6 is 0 Å². The SMILES string of the molecule is CCN(CC)C(COC(=O)Nc1ccccc1)C(O)c1ccccc1. The molecule has 134 valence electrons. The van der Waals surface area contributed by atoms with E-state index in [-0.39, 0.29) is 12.6 Å². The van der Waals surface area contributed by atoms with Crippen LogP contribution in [-0.4, -0.2) is 41.8 Å². The van der Waals surface area contributed by atoms with Crippen LogP contribution in [0.4, 0.5) is 10.5 Å². The molecule has 2 rings (SSSR count). The summed E-state index contributed by atoms with van der Waals surface area (Å²) in [6.45, 7) is 5.68. The van der Waals surface area contributed by atoms with Gasteiger partial charge in [-0.25, -0.2) is 4.79 Å². The Morgan fingerprint density at radius 1 is 1.04 bits per heavy atom. The molecule has 0 fully saturated rings. The smallest absolute Gasteiger partial charge is 0.411 e. The lowest BCUT2D eigenvalue weighted by atomic mass is 10.0. The summed E-state index contributed by atoms with van der Waals surface area (Å²) in [5, 5.41) is 13.5. The van der Waals surface area contributed by atoms with Crippen molar-refractivity contribution in [3.63, 3.8) is 0 Å². The Hall–Kier alpha value is -2.37. The lowest BCUT2D eigenvalue weighted by molar-refractivity contribution is 0.0146. The predicted octanol–water partition coefficient (Wildman–Crippen LogP) is 3.68. The number of carbonyl (C=O) groups is 1. The van der Waals surface area contributed by atoms with Gasteiger partial charge in [0.25, 0.3) is 0 Å². The maximum absolute atomic E-state index is 12.0. The molecule has 2 aromatic rings. The van der Waals surface area contributed by atoms with Crippen molar-refractivity contribution >= 4 is 11.8 Å². The van der Waals surface area contributed by atoms with Gasteiger partial charge in [0.05, 0.1) is 12.1 Å². The quantitative estimate of drug-likeness (QED) is 0.768. The normalized spacial score (nSPS) is 13.3. The molecule has 0 radical (unpaired) electrons. The van der Waals surface area contributed by atoms with E-state index in [1.54, 1.807) is 12.1 Å². The van der Waals surface area contributed by atoms with E-state index < -0.39 is 12.2 Å². The van der Waals surface area contributed by atoms with E-state index in [1.165, 1.54) is 0 Å². The topological polar surface area (TPSA) is 61.8 Å². The third-order valence-electron chi connectivity index (χ3n) is 4.19. The zero-order valence-corrected chi connectivity index (χ0v) is 14.8. The van der Waals surface area contributed by atoms with Crippen LogP contribution in [0, 0.1) is 0 Å². The zero-order valence-electron chi connectivity index (χ0n) is 14.8. The number of hydrogen-bond acceptors (Lipinski definition) is 4. The summed E-state index contributed by atoms with van der Waals surface area (Å²) in [7, 11) is 0. The molecule has 2 N–H and O–H groups in total. The first kappa shape index (κ1) is 19.0. The molecule has 1 amide bonds. The molecule has 0 aliphatic heterocycles. The summed E-state index contributed by atoms with van der Waals surface area (Å²) in [6.07, 6.45) is -1.26. The van der Waals surface area contributed by atoms with E-state index in [9.17, 15) is 9.90 Å². The minimum atomic E-state index is -0.731. The van der Waals surface area contributed by atoms with E-state index in [4.69, 9.17) is 4.74 Å². The van der Waals surface area contributed by atoms with Crippen LogP contribution in [-0.2, 0) is 4.74 Å². The Labute approximate surface area is 149 Å². The van der Waals surface area contributed by atoms with Crippen LogP contribution in [0.1, 0.15) is 25.5 Å². The Morgan fingerprint density at radius 2 is 1.60 bits per heavy atom. The molecule has 2 aromatic carbocycles. The van der Waals surface area contributed by atoms with Gasteiger partial charge in [-0.05, 0) is 30.8 Å². The fourth-order valence-corrected chi connectivity index (χ4v) is 2.80.